The minimum absolute atomic E-state index is 0.0116. The predicted octanol–water partition coefficient (Wildman–Crippen LogP) is -0.458. The molecule has 3 heterocycles. The molecule has 17 heavy (non-hydrogen) atoms. The highest BCUT2D eigenvalue weighted by Gasteiger charge is 2.61. The van der Waals surface area contributed by atoms with Crippen LogP contribution in [0.3, 0.4) is 0 Å². The Morgan fingerprint density at radius 3 is 2.71 bits per heavy atom. The summed E-state index contributed by atoms with van der Waals surface area (Å²) in [5, 5.41) is 2.41. The second-order valence-electron chi connectivity index (χ2n) is 4.77. The molecule has 94 valence electrons. The van der Waals surface area contributed by atoms with Gasteiger partial charge in [0.15, 0.2) is 11.9 Å². The lowest BCUT2D eigenvalue weighted by Gasteiger charge is -2.33. The monoisotopic (exact) mass is 243 g/mol. The lowest BCUT2D eigenvalue weighted by Crippen LogP contribution is -2.58. The van der Waals surface area contributed by atoms with Crippen molar-refractivity contribution in [2.24, 2.45) is 0 Å². The number of Topliss-reactive ketones (excluding diaryl/α,β-unsaturated/α-hetero) is 1. The van der Waals surface area contributed by atoms with Crippen LogP contribution in [0.5, 0.6) is 0 Å². The fraction of sp³-hybridized carbons (Fsp3) is 0.800. The van der Waals surface area contributed by atoms with E-state index in [9.17, 15) is 9.59 Å². The van der Waals surface area contributed by atoms with Gasteiger partial charge in [-0.2, -0.15) is 0 Å². The lowest BCUT2D eigenvalue weighted by atomic mass is 9.99. The summed E-state index contributed by atoms with van der Waals surface area (Å²) in [5.74, 6) is -2.77. The molecule has 0 aliphatic carbocycles. The third kappa shape index (κ3) is 1.54. The Bertz CT molecular complexity index is 394. The van der Waals surface area contributed by atoms with Gasteiger partial charge < -0.3 is 24.3 Å². The van der Waals surface area contributed by atoms with E-state index in [-0.39, 0.29) is 13.2 Å². The standard InChI is InChI=1S/C10H13NO6/c1-9(2)15-5-3-14-10(4-11-8(13)17-10)7(12)6(5)16-9/h5-6H,3-4H2,1-2H3,(H,11,13)/t5-,6?,10+/m1/s1. The summed E-state index contributed by atoms with van der Waals surface area (Å²) in [6.45, 7) is 3.63. The van der Waals surface area contributed by atoms with E-state index < -0.39 is 35.7 Å². The Morgan fingerprint density at radius 1 is 1.29 bits per heavy atom. The first-order chi connectivity index (χ1) is 7.92. The highest BCUT2D eigenvalue weighted by atomic mass is 16.8. The van der Waals surface area contributed by atoms with Crippen molar-refractivity contribution in [3.63, 3.8) is 0 Å². The van der Waals surface area contributed by atoms with Gasteiger partial charge in [0.2, 0.25) is 5.78 Å². The van der Waals surface area contributed by atoms with Crippen LogP contribution in [0.4, 0.5) is 4.79 Å². The Hall–Kier alpha value is -1.18. The predicted molar refractivity (Wildman–Crippen MR) is 52.0 cm³/mol. The summed E-state index contributed by atoms with van der Waals surface area (Å²) >= 11 is 0. The van der Waals surface area contributed by atoms with Crippen LogP contribution in [0.1, 0.15) is 13.8 Å². The van der Waals surface area contributed by atoms with Crippen molar-refractivity contribution < 1.29 is 28.5 Å². The van der Waals surface area contributed by atoms with Gasteiger partial charge in [-0.25, -0.2) is 4.79 Å². The number of amides is 1. The van der Waals surface area contributed by atoms with Crippen LogP contribution < -0.4 is 5.32 Å². The average molecular weight is 243 g/mol. The quantitative estimate of drug-likeness (QED) is 0.620. The molecule has 1 unspecified atom stereocenters. The minimum Gasteiger partial charge on any atom is -0.407 e. The summed E-state index contributed by atoms with van der Waals surface area (Å²) < 4.78 is 21.3. The zero-order valence-electron chi connectivity index (χ0n) is 9.52. The van der Waals surface area contributed by atoms with Gasteiger partial charge in [0.05, 0.1) is 13.2 Å². The lowest BCUT2D eigenvalue weighted by molar-refractivity contribution is -0.218. The molecular formula is C10H13NO6. The zero-order valence-corrected chi connectivity index (χ0v) is 9.52. The summed E-state index contributed by atoms with van der Waals surface area (Å²) in [7, 11) is 0. The molecule has 3 rings (SSSR count). The molecule has 0 bridgehead atoms. The molecule has 7 nitrogen and oxygen atoms in total. The third-order valence-corrected chi connectivity index (χ3v) is 3.02. The van der Waals surface area contributed by atoms with Crippen molar-refractivity contribution in [3.05, 3.63) is 0 Å². The van der Waals surface area contributed by atoms with Gasteiger partial charge in [-0.05, 0) is 13.8 Å². The SMILES string of the molecule is CC1(C)OC2C(=O)[C@@]3(CNC(=O)O3)OC[C@H]2O1. The van der Waals surface area contributed by atoms with E-state index in [1.165, 1.54) is 0 Å². The van der Waals surface area contributed by atoms with Gasteiger partial charge >= 0.3 is 6.09 Å². The third-order valence-electron chi connectivity index (χ3n) is 3.02. The molecule has 3 atom stereocenters. The van der Waals surface area contributed by atoms with Crippen LogP contribution in [-0.4, -0.2) is 48.8 Å². The maximum Gasteiger partial charge on any atom is 0.410 e. The molecule has 3 aliphatic rings. The average Bonchev–Trinajstić information content (AvgIpc) is 2.75. The molecule has 0 aromatic carbocycles. The number of ether oxygens (including phenoxy) is 4. The minimum atomic E-state index is -1.54. The number of hydrogen-bond acceptors (Lipinski definition) is 6. The van der Waals surface area contributed by atoms with Crippen LogP contribution in [0.25, 0.3) is 0 Å². The molecule has 3 aliphatic heterocycles. The van der Waals surface area contributed by atoms with Crippen LogP contribution in [-0.2, 0) is 23.7 Å². The van der Waals surface area contributed by atoms with Gasteiger partial charge in [-0.1, -0.05) is 0 Å². The molecule has 0 saturated carbocycles. The number of hydrogen-bond donors (Lipinski definition) is 1. The summed E-state index contributed by atoms with van der Waals surface area (Å²) in [6, 6.07) is 0. The maximum absolute atomic E-state index is 12.2. The smallest absolute Gasteiger partial charge is 0.407 e. The van der Waals surface area contributed by atoms with E-state index in [0.29, 0.717) is 0 Å². The van der Waals surface area contributed by atoms with Crippen molar-refractivity contribution in [3.8, 4) is 0 Å². The molecule has 7 heteroatoms. The molecule has 1 spiro atoms. The Balaban J connectivity index is 1.85. The van der Waals surface area contributed by atoms with Crippen molar-refractivity contribution in [1.29, 1.82) is 0 Å². The normalized spacial score (nSPS) is 43.4. The first-order valence-corrected chi connectivity index (χ1v) is 5.43. The van der Waals surface area contributed by atoms with Gasteiger partial charge in [0.1, 0.15) is 6.10 Å². The molecule has 3 saturated heterocycles. The van der Waals surface area contributed by atoms with Crippen molar-refractivity contribution in [2.45, 2.75) is 37.6 Å². The van der Waals surface area contributed by atoms with Crippen molar-refractivity contribution >= 4 is 11.9 Å². The fourth-order valence-corrected chi connectivity index (χ4v) is 2.31. The van der Waals surface area contributed by atoms with Gasteiger partial charge in [-0.15, -0.1) is 0 Å². The fourth-order valence-electron chi connectivity index (χ4n) is 2.31. The number of alkyl carbamates (subject to hydrolysis) is 1. The Kier molecular flexibility index (Phi) is 2.05. The van der Waals surface area contributed by atoms with Gasteiger partial charge in [-0.3, -0.25) is 4.79 Å². The van der Waals surface area contributed by atoms with E-state index in [1.54, 1.807) is 13.8 Å². The number of rotatable bonds is 0. The maximum atomic E-state index is 12.2. The molecule has 3 fully saturated rings. The topological polar surface area (TPSA) is 83.1 Å². The summed E-state index contributed by atoms with van der Waals surface area (Å²) in [5.41, 5.74) is 0. The van der Waals surface area contributed by atoms with E-state index >= 15 is 0 Å². The number of ketones is 1. The summed E-state index contributed by atoms with van der Waals surface area (Å²) in [4.78, 5) is 23.3. The van der Waals surface area contributed by atoms with E-state index in [1.807, 2.05) is 0 Å². The van der Waals surface area contributed by atoms with Gasteiger partial charge in [0, 0.05) is 0 Å². The molecule has 1 N–H and O–H groups in total. The number of carbonyl (C=O) groups excluding carboxylic acids is 2. The molecule has 0 radical (unpaired) electrons. The number of fused-ring (bicyclic) bond motifs is 1. The second kappa shape index (κ2) is 3.18. The largest absolute Gasteiger partial charge is 0.410 e. The Labute approximate surface area is 97.3 Å². The van der Waals surface area contributed by atoms with Crippen LogP contribution in [0.2, 0.25) is 0 Å². The van der Waals surface area contributed by atoms with Crippen LogP contribution >= 0.6 is 0 Å². The van der Waals surface area contributed by atoms with Crippen LogP contribution in [0.15, 0.2) is 0 Å². The molecule has 1 amide bonds. The van der Waals surface area contributed by atoms with E-state index in [0.717, 1.165) is 0 Å². The Morgan fingerprint density at radius 2 is 2.06 bits per heavy atom. The van der Waals surface area contributed by atoms with Crippen molar-refractivity contribution in [1.82, 2.24) is 5.32 Å². The van der Waals surface area contributed by atoms with Crippen LogP contribution in [0, 0.1) is 0 Å². The zero-order chi connectivity index (χ0) is 12.3. The first-order valence-electron chi connectivity index (χ1n) is 5.43. The number of nitrogens with one attached hydrogen (secondary N) is 1. The second-order valence-corrected chi connectivity index (χ2v) is 4.77. The van der Waals surface area contributed by atoms with E-state index in [2.05, 4.69) is 5.32 Å². The molecule has 0 aromatic heterocycles. The highest BCUT2D eigenvalue weighted by Crippen LogP contribution is 2.37. The number of carbonyl (C=O) groups is 2. The van der Waals surface area contributed by atoms with E-state index in [4.69, 9.17) is 18.9 Å². The van der Waals surface area contributed by atoms with Gasteiger partial charge in [0.25, 0.3) is 5.79 Å². The molecular weight excluding hydrogens is 230 g/mol. The highest BCUT2D eigenvalue weighted by molar-refractivity contribution is 5.95. The van der Waals surface area contributed by atoms with Crippen molar-refractivity contribution in [2.75, 3.05) is 13.2 Å². The molecule has 0 aromatic rings. The summed E-state index contributed by atoms with van der Waals surface area (Å²) in [6.07, 6.45) is -1.84. The first kappa shape index (κ1) is 10.9.